The molecule has 2 aromatic carbocycles. The van der Waals surface area contributed by atoms with Crippen molar-refractivity contribution in [3.05, 3.63) is 90.2 Å². The minimum absolute atomic E-state index is 0.0497. The molecule has 2 amide bonds. The van der Waals surface area contributed by atoms with Crippen LogP contribution in [0.4, 0.5) is 0 Å². The maximum Gasteiger partial charge on any atom is 0.305 e. The first-order chi connectivity index (χ1) is 14.7. The van der Waals surface area contributed by atoms with Crippen LogP contribution in [-0.2, 0) is 6.61 Å². The summed E-state index contributed by atoms with van der Waals surface area (Å²) in [6, 6.07) is 18.9. The van der Waals surface area contributed by atoms with Crippen molar-refractivity contribution in [2.75, 3.05) is 0 Å². The van der Waals surface area contributed by atoms with Crippen LogP contribution in [0.3, 0.4) is 0 Å². The van der Waals surface area contributed by atoms with Crippen molar-refractivity contribution in [1.29, 1.82) is 0 Å². The number of carbonyl (C=O) groups is 2. The molecule has 0 aliphatic heterocycles. The van der Waals surface area contributed by atoms with Gasteiger partial charge in [-0.05, 0) is 48.5 Å². The number of nitrogens with zero attached hydrogens (tertiary/aromatic N) is 2. The topological polar surface area (TPSA) is 119 Å². The third-order valence-electron chi connectivity index (χ3n) is 4.05. The Kier molecular flexibility index (Phi) is 5.52. The van der Waals surface area contributed by atoms with E-state index in [4.69, 9.17) is 13.6 Å². The van der Waals surface area contributed by atoms with Crippen molar-refractivity contribution >= 4 is 11.8 Å². The van der Waals surface area contributed by atoms with Crippen LogP contribution in [0.5, 0.6) is 5.75 Å². The van der Waals surface area contributed by atoms with Crippen molar-refractivity contribution in [3.63, 3.8) is 0 Å². The lowest BCUT2D eigenvalue weighted by molar-refractivity contribution is 0.0828. The predicted octanol–water partition coefficient (Wildman–Crippen LogP) is 2.98. The summed E-state index contributed by atoms with van der Waals surface area (Å²) in [7, 11) is 0. The smallest absolute Gasteiger partial charge is 0.305 e. The van der Waals surface area contributed by atoms with E-state index in [0.29, 0.717) is 28.5 Å². The molecule has 0 spiro atoms. The van der Waals surface area contributed by atoms with Crippen LogP contribution in [0.15, 0.2) is 82.0 Å². The quantitative estimate of drug-likeness (QED) is 0.474. The van der Waals surface area contributed by atoms with E-state index in [1.54, 1.807) is 30.3 Å². The number of carbonyl (C=O) groups excluding carboxylic acids is 2. The average Bonchev–Trinajstić information content (AvgIpc) is 3.49. The molecule has 4 rings (SSSR count). The fraction of sp³-hybridized carbons (Fsp3) is 0.0476. The molecule has 2 N–H and O–H groups in total. The van der Waals surface area contributed by atoms with E-state index in [1.807, 2.05) is 30.3 Å². The van der Waals surface area contributed by atoms with E-state index in [1.165, 1.54) is 12.5 Å². The Bertz CT molecular complexity index is 1120. The van der Waals surface area contributed by atoms with Crippen LogP contribution in [0.2, 0.25) is 0 Å². The number of aromatic nitrogens is 2. The largest absolute Gasteiger partial charge is 0.486 e. The number of ether oxygens (including phenoxy) is 1. The average molecular weight is 404 g/mol. The molecular weight excluding hydrogens is 388 g/mol. The van der Waals surface area contributed by atoms with Crippen LogP contribution in [0, 0.1) is 0 Å². The van der Waals surface area contributed by atoms with Crippen molar-refractivity contribution in [2.45, 2.75) is 6.61 Å². The number of hydrogen-bond acceptors (Lipinski definition) is 7. The van der Waals surface area contributed by atoms with Gasteiger partial charge in [0.25, 0.3) is 5.91 Å². The summed E-state index contributed by atoms with van der Waals surface area (Å²) in [6.07, 6.45) is 1.22. The zero-order valence-electron chi connectivity index (χ0n) is 15.6. The van der Waals surface area contributed by atoms with Crippen molar-refractivity contribution in [2.24, 2.45) is 0 Å². The number of amides is 2. The Morgan fingerprint density at radius 1 is 0.900 bits per heavy atom. The monoisotopic (exact) mass is 404 g/mol. The number of benzene rings is 2. The predicted molar refractivity (Wildman–Crippen MR) is 104 cm³/mol. The first-order valence-electron chi connectivity index (χ1n) is 8.93. The van der Waals surface area contributed by atoms with Crippen molar-refractivity contribution < 1.29 is 23.2 Å². The second-order valence-electron chi connectivity index (χ2n) is 6.10. The fourth-order valence-electron chi connectivity index (χ4n) is 2.56. The Hall–Kier alpha value is -4.40. The maximum atomic E-state index is 12.2. The van der Waals surface area contributed by atoms with Gasteiger partial charge in [0.05, 0.1) is 0 Å². The number of para-hydroxylation sites is 1. The molecule has 0 unspecified atom stereocenters. The summed E-state index contributed by atoms with van der Waals surface area (Å²) in [6.45, 7) is 0.177. The molecule has 0 saturated heterocycles. The first kappa shape index (κ1) is 18.9. The number of nitrogens with one attached hydrogen (secondary N) is 2. The van der Waals surface area contributed by atoms with Crippen LogP contribution >= 0.6 is 0 Å². The number of furan rings is 1. The summed E-state index contributed by atoms with van der Waals surface area (Å²) >= 11 is 0. The molecule has 0 atom stereocenters. The Morgan fingerprint density at radius 3 is 2.40 bits per heavy atom. The Labute approximate surface area is 170 Å². The molecule has 9 nitrogen and oxygen atoms in total. The lowest BCUT2D eigenvalue weighted by atomic mass is 10.1. The molecule has 0 radical (unpaired) electrons. The molecule has 0 saturated carbocycles. The fourth-order valence-corrected chi connectivity index (χ4v) is 2.56. The van der Waals surface area contributed by atoms with Gasteiger partial charge in [0, 0.05) is 11.1 Å². The van der Waals surface area contributed by atoms with Gasteiger partial charge in [-0.15, -0.1) is 10.2 Å². The summed E-state index contributed by atoms with van der Waals surface area (Å²) in [5, 5.41) is 7.40. The van der Waals surface area contributed by atoms with E-state index >= 15 is 0 Å². The number of hydrazine groups is 1. The van der Waals surface area contributed by atoms with E-state index in [-0.39, 0.29) is 12.4 Å². The normalized spacial score (nSPS) is 10.4. The molecule has 30 heavy (non-hydrogen) atoms. The van der Waals surface area contributed by atoms with Gasteiger partial charge in [0.15, 0.2) is 5.76 Å². The Morgan fingerprint density at radius 2 is 1.67 bits per heavy atom. The van der Waals surface area contributed by atoms with Gasteiger partial charge in [-0.1, -0.05) is 18.2 Å². The van der Waals surface area contributed by atoms with Crippen molar-refractivity contribution in [1.82, 2.24) is 21.0 Å². The molecule has 9 heteroatoms. The van der Waals surface area contributed by atoms with Crippen molar-refractivity contribution in [3.8, 4) is 17.2 Å². The third-order valence-corrected chi connectivity index (χ3v) is 4.05. The molecule has 0 bridgehead atoms. The molecule has 4 aromatic rings. The van der Waals surface area contributed by atoms with E-state index in [2.05, 4.69) is 21.0 Å². The third kappa shape index (κ3) is 4.53. The second-order valence-corrected chi connectivity index (χ2v) is 6.10. The number of rotatable bonds is 6. The SMILES string of the molecule is O=C(NNC(=O)c1ccc(COc2ccccc2)o1)c1ccc(-c2nnco2)cc1. The van der Waals surface area contributed by atoms with Crippen LogP contribution in [0.25, 0.3) is 11.5 Å². The Balaban J connectivity index is 1.29. The molecule has 2 heterocycles. The van der Waals surface area contributed by atoms with E-state index in [0.717, 1.165) is 0 Å². The number of hydrogen-bond donors (Lipinski definition) is 2. The molecular formula is C21H16N4O5. The van der Waals surface area contributed by atoms with Gasteiger partial charge in [0.2, 0.25) is 12.3 Å². The molecule has 0 aliphatic carbocycles. The highest BCUT2D eigenvalue weighted by Gasteiger charge is 2.14. The zero-order chi connectivity index (χ0) is 20.8. The highest BCUT2D eigenvalue weighted by molar-refractivity contribution is 5.98. The summed E-state index contributed by atoms with van der Waals surface area (Å²) in [4.78, 5) is 24.4. The van der Waals surface area contributed by atoms with Gasteiger partial charge in [-0.3, -0.25) is 20.4 Å². The van der Waals surface area contributed by atoms with Crippen LogP contribution in [0.1, 0.15) is 26.7 Å². The highest BCUT2D eigenvalue weighted by atomic mass is 16.5. The minimum Gasteiger partial charge on any atom is -0.486 e. The summed E-state index contributed by atoms with van der Waals surface area (Å²) in [5.74, 6) is 0.495. The molecule has 2 aromatic heterocycles. The second kappa shape index (κ2) is 8.74. The lowest BCUT2D eigenvalue weighted by Gasteiger charge is -2.06. The maximum absolute atomic E-state index is 12.2. The van der Waals surface area contributed by atoms with Gasteiger partial charge >= 0.3 is 5.91 Å². The summed E-state index contributed by atoms with van der Waals surface area (Å²) < 4.78 is 16.1. The van der Waals surface area contributed by atoms with Gasteiger partial charge in [-0.25, -0.2) is 0 Å². The first-order valence-corrected chi connectivity index (χ1v) is 8.93. The molecule has 0 fully saturated rings. The highest BCUT2D eigenvalue weighted by Crippen LogP contribution is 2.17. The van der Waals surface area contributed by atoms with Gasteiger partial charge in [-0.2, -0.15) is 0 Å². The minimum atomic E-state index is -0.586. The summed E-state index contributed by atoms with van der Waals surface area (Å²) in [5.41, 5.74) is 5.67. The van der Waals surface area contributed by atoms with Gasteiger partial charge < -0.3 is 13.6 Å². The van der Waals surface area contributed by atoms with E-state index < -0.39 is 11.8 Å². The van der Waals surface area contributed by atoms with Crippen LogP contribution in [-0.4, -0.2) is 22.0 Å². The molecule has 0 aliphatic rings. The lowest BCUT2D eigenvalue weighted by Crippen LogP contribution is -2.41. The van der Waals surface area contributed by atoms with Crippen LogP contribution < -0.4 is 15.6 Å². The standard InChI is InChI=1S/C21H16N4O5/c26-19(14-6-8-15(9-7-14)21-25-22-13-29-21)23-24-20(27)18-11-10-17(30-18)12-28-16-4-2-1-3-5-16/h1-11,13H,12H2,(H,23,26)(H,24,27). The van der Waals surface area contributed by atoms with E-state index in [9.17, 15) is 9.59 Å². The zero-order valence-corrected chi connectivity index (χ0v) is 15.6. The molecule has 150 valence electrons. The van der Waals surface area contributed by atoms with Gasteiger partial charge in [0.1, 0.15) is 18.1 Å².